The van der Waals surface area contributed by atoms with Gasteiger partial charge in [-0.25, -0.2) is 0 Å². The monoisotopic (exact) mass is 418 g/mol. The zero-order valence-corrected chi connectivity index (χ0v) is 18.0. The van der Waals surface area contributed by atoms with Crippen LogP contribution in [0.3, 0.4) is 0 Å². The predicted octanol–water partition coefficient (Wildman–Crippen LogP) is 3.21. The zero-order chi connectivity index (χ0) is 21.0. The van der Waals surface area contributed by atoms with Crippen molar-refractivity contribution < 1.29 is 18.3 Å². The van der Waals surface area contributed by atoms with Crippen LogP contribution in [-0.4, -0.2) is 48.9 Å². The Morgan fingerprint density at radius 1 is 1.14 bits per heavy atom. The summed E-state index contributed by atoms with van der Waals surface area (Å²) < 4.78 is 34.9. The van der Waals surface area contributed by atoms with Crippen molar-refractivity contribution in [3.8, 4) is 5.75 Å². The average molecular weight is 419 g/mol. The highest BCUT2D eigenvalue weighted by atomic mass is 32.2. The summed E-state index contributed by atoms with van der Waals surface area (Å²) in [4.78, 5) is 0. The molecule has 2 unspecified atom stereocenters. The third-order valence-electron chi connectivity index (χ3n) is 5.62. The van der Waals surface area contributed by atoms with Crippen LogP contribution in [0.4, 0.5) is 0 Å². The fourth-order valence-electron chi connectivity index (χ4n) is 3.44. The molecule has 1 N–H and O–H groups in total. The maximum Gasteiger partial charge on any atom is 0.282 e. The number of nitrogens with zero attached hydrogens (tertiary/aromatic N) is 2. The first-order valence-electron chi connectivity index (χ1n) is 9.92. The summed E-state index contributed by atoms with van der Waals surface area (Å²) >= 11 is 0. The second-order valence-electron chi connectivity index (χ2n) is 7.67. The Morgan fingerprint density at radius 3 is 2.45 bits per heavy atom. The molecule has 1 aliphatic rings. The maximum atomic E-state index is 13.4. The van der Waals surface area contributed by atoms with Crippen molar-refractivity contribution in [2.24, 2.45) is 5.92 Å². The minimum Gasteiger partial charge on any atom is -0.497 e. The largest absolute Gasteiger partial charge is 0.497 e. The molecule has 0 saturated heterocycles. The molecule has 1 aliphatic carbocycles. The summed E-state index contributed by atoms with van der Waals surface area (Å²) in [7, 11) is -0.552. The Balaban J connectivity index is 1.85. The van der Waals surface area contributed by atoms with Crippen LogP contribution in [0.15, 0.2) is 54.6 Å². The topological polar surface area (TPSA) is 70.1 Å². The normalized spacial score (nSPS) is 16.8. The van der Waals surface area contributed by atoms with Crippen molar-refractivity contribution in [3.05, 3.63) is 65.7 Å². The molecule has 1 saturated carbocycles. The van der Waals surface area contributed by atoms with Gasteiger partial charge < -0.3 is 9.84 Å². The lowest BCUT2D eigenvalue weighted by Gasteiger charge is -2.32. The molecule has 0 heterocycles. The van der Waals surface area contributed by atoms with Gasteiger partial charge >= 0.3 is 0 Å². The van der Waals surface area contributed by atoms with Crippen LogP contribution >= 0.6 is 0 Å². The van der Waals surface area contributed by atoms with Crippen molar-refractivity contribution in [2.75, 3.05) is 20.7 Å². The van der Waals surface area contributed by atoms with Gasteiger partial charge in [-0.15, -0.1) is 0 Å². The number of benzene rings is 2. The highest BCUT2D eigenvalue weighted by Gasteiger charge is 2.38. The lowest BCUT2D eigenvalue weighted by atomic mass is 10.1. The number of methoxy groups -OCH3 is 1. The number of rotatable bonds is 10. The number of hydrogen-bond donors (Lipinski definition) is 1. The highest BCUT2D eigenvalue weighted by molar-refractivity contribution is 7.86. The van der Waals surface area contributed by atoms with Gasteiger partial charge in [0.2, 0.25) is 0 Å². The van der Waals surface area contributed by atoms with Crippen LogP contribution in [-0.2, 0) is 16.8 Å². The Kier molecular flexibility index (Phi) is 6.95. The molecule has 2 aromatic carbocycles. The van der Waals surface area contributed by atoms with E-state index in [0.717, 1.165) is 18.4 Å². The first kappa shape index (κ1) is 21.8. The first-order valence-corrected chi connectivity index (χ1v) is 11.3. The van der Waals surface area contributed by atoms with Crippen molar-refractivity contribution in [2.45, 2.75) is 38.5 Å². The van der Waals surface area contributed by atoms with E-state index in [2.05, 4.69) is 0 Å². The summed E-state index contributed by atoms with van der Waals surface area (Å²) in [6.07, 6.45) is 1.16. The molecule has 0 spiro atoms. The fourth-order valence-corrected chi connectivity index (χ4v) is 5.04. The molecule has 2 atom stereocenters. The van der Waals surface area contributed by atoms with E-state index in [-0.39, 0.29) is 19.1 Å². The highest BCUT2D eigenvalue weighted by Crippen LogP contribution is 2.36. The van der Waals surface area contributed by atoms with Crippen LogP contribution in [0.1, 0.15) is 37.0 Å². The second kappa shape index (κ2) is 9.26. The molecule has 0 aliphatic heterocycles. The minimum absolute atomic E-state index is 0.0356. The molecule has 1 fully saturated rings. The second-order valence-corrected chi connectivity index (χ2v) is 9.66. The van der Waals surface area contributed by atoms with Gasteiger partial charge in [-0.2, -0.15) is 17.0 Å². The molecule has 0 radical (unpaired) electrons. The molecule has 2 aromatic rings. The lowest BCUT2D eigenvalue weighted by molar-refractivity contribution is 0.141. The van der Waals surface area contributed by atoms with E-state index >= 15 is 0 Å². The summed E-state index contributed by atoms with van der Waals surface area (Å²) in [5.74, 6) is 1.04. The molecule has 29 heavy (non-hydrogen) atoms. The Morgan fingerprint density at radius 2 is 1.83 bits per heavy atom. The molecule has 7 heteroatoms. The number of hydrogen-bond acceptors (Lipinski definition) is 4. The summed E-state index contributed by atoms with van der Waals surface area (Å²) in [5.41, 5.74) is 1.50. The van der Waals surface area contributed by atoms with Crippen molar-refractivity contribution in [1.82, 2.24) is 8.61 Å². The zero-order valence-electron chi connectivity index (χ0n) is 17.2. The Bertz CT molecular complexity index is 900. The van der Waals surface area contributed by atoms with Gasteiger partial charge in [0.1, 0.15) is 5.75 Å². The van der Waals surface area contributed by atoms with Crippen LogP contribution in [0.25, 0.3) is 0 Å². The fraction of sp³-hybridized carbons (Fsp3) is 0.455. The Hall–Kier alpha value is -1.93. The summed E-state index contributed by atoms with van der Waals surface area (Å²) in [5, 5.41) is 10.8. The average Bonchev–Trinajstić information content (AvgIpc) is 3.58. The number of aliphatic hydroxyl groups excluding tert-OH is 1. The van der Waals surface area contributed by atoms with Gasteiger partial charge in [-0.3, -0.25) is 0 Å². The summed E-state index contributed by atoms with van der Waals surface area (Å²) in [6, 6.07) is 16.5. The van der Waals surface area contributed by atoms with E-state index in [1.54, 1.807) is 38.4 Å². The molecular formula is C22H30N2O4S. The maximum absolute atomic E-state index is 13.4. The van der Waals surface area contributed by atoms with Crippen LogP contribution in [0.2, 0.25) is 0 Å². The lowest BCUT2D eigenvalue weighted by Crippen LogP contribution is -2.47. The first-order chi connectivity index (χ1) is 13.8. The third kappa shape index (κ3) is 5.36. The van der Waals surface area contributed by atoms with Crippen LogP contribution < -0.4 is 4.74 Å². The third-order valence-corrected chi connectivity index (χ3v) is 7.62. The quantitative estimate of drug-likeness (QED) is 0.643. The van der Waals surface area contributed by atoms with Gasteiger partial charge in [-0.1, -0.05) is 42.5 Å². The number of ether oxygens (including phenoxy) is 1. The predicted molar refractivity (Wildman–Crippen MR) is 114 cm³/mol. The molecule has 6 nitrogen and oxygen atoms in total. The minimum atomic E-state index is -3.75. The van der Waals surface area contributed by atoms with E-state index in [0.29, 0.717) is 17.2 Å². The SMILES string of the molecule is COc1cccc(C(O)CN(Cc2ccccc2)S(=O)(=O)N(C)C(C)C2CC2)c1. The van der Waals surface area contributed by atoms with Gasteiger partial charge in [0.25, 0.3) is 10.2 Å². The van der Waals surface area contributed by atoms with Gasteiger partial charge in [0.05, 0.1) is 13.2 Å². The molecule has 0 aromatic heterocycles. The molecule has 3 rings (SSSR count). The smallest absolute Gasteiger partial charge is 0.282 e. The molecule has 0 bridgehead atoms. The molecule has 0 amide bonds. The summed E-state index contributed by atoms with van der Waals surface area (Å²) in [6.45, 7) is 2.12. The van der Waals surface area contributed by atoms with Crippen LogP contribution in [0.5, 0.6) is 5.75 Å². The van der Waals surface area contributed by atoms with E-state index in [1.807, 2.05) is 37.3 Å². The van der Waals surface area contributed by atoms with Gasteiger partial charge in [0.15, 0.2) is 0 Å². The van der Waals surface area contributed by atoms with Crippen molar-refractivity contribution >= 4 is 10.2 Å². The molecule has 158 valence electrons. The van der Waals surface area contributed by atoms with Crippen molar-refractivity contribution in [1.29, 1.82) is 0 Å². The van der Waals surface area contributed by atoms with Gasteiger partial charge in [0, 0.05) is 26.2 Å². The van der Waals surface area contributed by atoms with E-state index in [4.69, 9.17) is 4.74 Å². The molecular weight excluding hydrogens is 388 g/mol. The Labute approximate surface area is 173 Å². The van der Waals surface area contributed by atoms with E-state index in [9.17, 15) is 13.5 Å². The number of aliphatic hydroxyl groups is 1. The van der Waals surface area contributed by atoms with Crippen molar-refractivity contribution in [3.63, 3.8) is 0 Å². The standard InChI is InChI=1S/C22H30N2O4S/c1-17(19-12-13-19)23(2)29(26,27)24(15-18-8-5-4-6-9-18)16-22(25)20-10-7-11-21(14-20)28-3/h4-11,14,17,19,22,25H,12-13,15-16H2,1-3H3. The van der Waals surface area contributed by atoms with E-state index in [1.165, 1.54) is 8.61 Å². The van der Waals surface area contributed by atoms with Crippen LogP contribution in [0, 0.1) is 5.92 Å². The van der Waals surface area contributed by atoms with E-state index < -0.39 is 16.3 Å². The van der Waals surface area contributed by atoms with Gasteiger partial charge in [-0.05, 0) is 48.9 Å².